The first kappa shape index (κ1) is 13.5. The lowest BCUT2D eigenvalue weighted by Gasteiger charge is -2.08. The fourth-order valence-electron chi connectivity index (χ4n) is 1.32. The van der Waals surface area contributed by atoms with Gasteiger partial charge in [0, 0.05) is 18.3 Å². The topological polar surface area (TPSA) is 81.4 Å². The number of nitrogens with two attached hydrogens (primary N) is 1. The van der Waals surface area contributed by atoms with Crippen molar-refractivity contribution in [3.63, 3.8) is 0 Å². The minimum Gasteiger partial charge on any atom is -0.495 e. The Kier molecular flexibility index (Phi) is 4.96. The van der Waals surface area contributed by atoms with E-state index >= 15 is 0 Å². The summed E-state index contributed by atoms with van der Waals surface area (Å²) in [5.74, 6) is 0.117. The van der Waals surface area contributed by atoms with Crippen molar-refractivity contribution < 1.29 is 13.7 Å². The van der Waals surface area contributed by atoms with Gasteiger partial charge in [-0.1, -0.05) is 0 Å². The summed E-state index contributed by atoms with van der Waals surface area (Å²) in [5.41, 5.74) is 6.12. The van der Waals surface area contributed by atoms with E-state index in [0.717, 1.165) is 0 Å². The lowest BCUT2D eigenvalue weighted by Crippen LogP contribution is -2.27. The quantitative estimate of drug-likeness (QED) is 0.753. The second-order valence-corrected chi connectivity index (χ2v) is 4.77. The van der Waals surface area contributed by atoms with E-state index in [2.05, 4.69) is 5.32 Å². The van der Waals surface area contributed by atoms with E-state index in [1.54, 1.807) is 18.2 Å². The summed E-state index contributed by atoms with van der Waals surface area (Å²) in [6.07, 6.45) is 0. The number of amides is 1. The first-order valence-corrected chi connectivity index (χ1v) is 6.49. The number of ether oxygens (including phenoxy) is 1. The lowest BCUT2D eigenvalue weighted by atomic mass is 10.3. The molecule has 0 aromatic heterocycles. The molecule has 1 aromatic carbocycles. The standard InChI is InChI=1S/C11H16N2O3S/c1-3-13-11(14)7-17(15)10-5-4-8(12)6-9(10)16-2/h4-6H,3,7,12H2,1-2H3,(H,13,14). The molecule has 17 heavy (non-hydrogen) atoms. The lowest BCUT2D eigenvalue weighted by molar-refractivity contribution is -0.118. The maximum Gasteiger partial charge on any atom is 0.232 e. The summed E-state index contributed by atoms with van der Waals surface area (Å²) >= 11 is 0. The van der Waals surface area contributed by atoms with Gasteiger partial charge in [-0.3, -0.25) is 9.00 Å². The van der Waals surface area contributed by atoms with Crippen LogP contribution >= 0.6 is 0 Å². The number of anilines is 1. The summed E-state index contributed by atoms with van der Waals surface area (Å²) in [7, 11) is 0.0465. The number of hydrogen-bond acceptors (Lipinski definition) is 4. The van der Waals surface area contributed by atoms with Crippen molar-refractivity contribution >= 4 is 22.4 Å². The number of methoxy groups -OCH3 is 1. The molecule has 0 aliphatic rings. The first-order valence-electron chi connectivity index (χ1n) is 5.17. The fourth-order valence-corrected chi connectivity index (χ4v) is 2.40. The Morgan fingerprint density at radius 3 is 2.82 bits per heavy atom. The Balaban J connectivity index is 2.85. The Morgan fingerprint density at radius 1 is 1.53 bits per heavy atom. The summed E-state index contributed by atoms with van der Waals surface area (Å²) in [4.78, 5) is 11.8. The maximum atomic E-state index is 12.0. The molecule has 1 rings (SSSR count). The zero-order chi connectivity index (χ0) is 12.8. The van der Waals surface area contributed by atoms with Crippen molar-refractivity contribution in [3.8, 4) is 5.75 Å². The van der Waals surface area contributed by atoms with E-state index in [-0.39, 0.29) is 11.7 Å². The second kappa shape index (κ2) is 6.24. The Morgan fingerprint density at radius 2 is 2.24 bits per heavy atom. The highest BCUT2D eigenvalue weighted by atomic mass is 32.2. The van der Waals surface area contributed by atoms with Gasteiger partial charge in [0.1, 0.15) is 11.5 Å². The van der Waals surface area contributed by atoms with E-state index in [1.165, 1.54) is 7.11 Å². The van der Waals surface area contributed by atoms with Crippen LogP contribution in [0.5, 0.6) is 5.75 Å². The van der Waals surface area contributed by atoms with E-state index in [0.29, 0.717) is 22.9 Å². The highest BCUT2D eigenvalue weighted by Crippen LogP contribution is 2.24. The maximum absolute atomic E-state index is 12.0. The second-order valence-electron chi connectivity index (χ2n) is 3.35. The van der Waals surface area contributed by atoms with Crippen molar-refractivity contribution in [2.45, 2.75) is 11.8 Å². The van der Waals surface area contributed by atoms with Gasteiger partial charge in [-0.15, -0.1) is 0 Å². The number of rotatable bonds is 5. The van der Waals surface area contributed by atoms with Crippen LogP contribution in [0.25, 0.3) is 0 Å². The van der Waals surface area contributed by atoms with Crippen LogP contribution in [-0.2, 0) is 15.6 Å². The average Bonchev–Trinajstić information content (AvgIpc) is 2.28. The Bertz CT molecular complexity index is 435. The number of carbonyl (C=O) groups excluding carboxylic acids is 1. The van der Waals surface area contributed by atoms with Crippen molar-refractivity contribution in [2.24, 2.45) is 0 Å². The monoisotopic (exact) mass is 256 g/mol. The molecule has 1 aromatic rings. The number of carbonyl (C=O) groups is 1. The molecule has 0 aliphatic carbocycles. The van der Waals surface area contributed by atoms with Gasteiger partial charge in [0.2, 0.25) is 5.91 Å². The molecule has 0 heterocycles. The third kappa shape index (κ3) is 3.74. The van der Waals surface area contributed by atoms with Crippen LogP contribution in [0.3, 0.4) is 0 Å². The van der Waals surface area contributed by atoms with Gasteiger partial charge >= 0.3 is 0 Å². The van der Waals surface area contributed by atoms with Gasteiger partial charge < -0.3 is 15.8 Å². The molecule has 0 saturated heterocycles. The zero-order valence-electron chi connectivity index (χ0n) is 9.86. The molecule has 5 nitrogen and oxygen atoms in total. The number of hydrogen-bond donors (Lipinski definition) is 2. The van der Waals surface area contributed by atoms with Crippen LogP contribution < -0.4 is 15.8 Å². The van der Waals surface area contributed by atoms with Crippen LogP contribution in [0.15, 0.2) is 23.1 Å². The van der Waals surface area contributed by atoms with E-state index in [1.807, 2.05) is 6.92 Å². The highest BCUT2D eigenvalue weighted by molar-refractivity contribution is 7.85. The van der Waals surface area contributed by atoms with Gasteiger partial charge in [0.15, 0.2) is 0 Å². The Hall–Kier alpha value is -1.56. The zero-order valence-corrected chi connectivity index (χ0v) is 10.7. The molecule has 94 valence electrons. The van der Waals surface area contributed by atoms with Gasteiger partial charge in [-0.2, -0.15) is 0 Å². The van der Waals surface area contributed by atoms with Crippen molar-refractivity contribution in [2.75, 3.05) is 25.1 Å². The Labute approximate surface area is 103 Å². The number of benzene rings is 1. The van der Waals surface area contributed by atoms with Crippen molar-refractivity contribution in [3.05, 3.63) is 18.2 Å². The molecule has 1 unspecified atom stereocenters. The largest absolute Gasteiger partial charge is 0.495 e. The fraction of sp³-hybridized carbons (Fsp3) is 0.364. The van der Waals surface area contributed by atoms with Gasteiger partial charge in [-0.25, -0.2) is 0 Å². The predicted octanol–water partition coefficient (Wildman–Crippen LogP) is 0.521. The summed E-state index contributed by atoms with van der Waals surface area (Å²) in [5, 5.41) is 2.60. The molecule has 1 atom stereocenters. The predicted molar refractivity (Wildman–Crippen MR) is 67.4 cm³/mol. The van der Waals surface area contributed by atoms with Gasteiger partial charge in [0.25, 0.3) is 0 Å². The average molecular weight is 256 g/mol. The third-order valence-electron chi connectivity index (χ3n) is 2.07. The van der Waals surface area contributed by atoms with Crippen molar-refractivity contribution in [1.82, 2.24) is 5.32 Å². The van der Waals surface area contributed by atoms with E-state index in [4.69, 9.17) is 10.5 Å². The summed E-state index contributed by atoms with van der Waals surface area (Å²) < 4.78 is 17.0. The minimum atomic E-state index is -1.43. The molecule has 0 spiro atoms. The summed E-state index contributed by atoms with van der Waals surface area (Å²) in [6, 6.07) is 4.84. The molecule has 0 bridgehead atoms. The molecular formula is C11H16N2O3S. The normalized spacial score (nSPS) is 11.9. The number of nitrogen functional groups attached to an aromatic ring is 1. The molecule has 0 fully saturated rings. The third-order valence-corrected chi connectivity index (χ3v) is 3.42. The van der Waals surface area contributed by atoms with Crippen LogP contribution in [0.4, 0.5) is 5.69 Å². The van der Waals surface area contributed by atoms with Crippen LogP contribution in [-0.4, -0.2) is 29.5 Å². The van der Waals surface area contributed by atoms with Crippen molar-refractivity contribution in [1.29, 1.82) is 0 Å². The van der Waals surface area contributed by atoms with Gasteiger partial charge in [0.05, 0.1) is 22.8 Å². The highest BCUT2D eigenvalue weighted by Gasteiger charge is 2.14. The molecule has 0 aliphatic heterocycles. The first-order chi connectivity index (χ1) is 8.08. The minimum absolute atomic E-state index is 0.0753. The van der Waals surface area contributed by atoms with Gasteiger partial charge in [-0.05, 0) is 19.1 Å². The molecule has 6 heteroatoms. The van der Waals surface area contributed by atoms with E-state index in [9.17, 15) is 9.00 Å². The number of nitrogens with one attached hydrogen (secondary N) is 1. The van der Waals surface area contributed by atoms with E-state index < -0.39 is 10.8 Å². The molecule has 3 N–H and O–H groups in total. The van der Waals surface area contributed by atoms with Crippen LogP contribution in [0.1, 0.15) is 6.92 Å². The summed E-state index contributed by atoms with van der Waals surface area (Å²) in [6.45, 7) is 2.33. The molecule has 0 saturated carbocycles. The SMILES string of the molecule is CCNC(=O)CS(=O)c1ccc(N)cc1OC. The smallest absolute Gasteiger partial charge is 0.232 e. The molecular weight excluding hydrogens is 240 g/mol. The van der Waals surface area contributed by atoms with Crippen LogP contribution in [0.2, 0.25) is 0 Å². The molecule has 0 radical (unpaired) electrons. The molecule has 1 amide bonds. The van der Waals surface area contributed by atoms with Crippen LogP contribution in [0, 0.1) is 0 Å².